The number of fused-ring (bicyclic) bond motifs is 1. The maximum absolute atomic E-state index is 12.9. The van der Waals surface area contributed by atoms with E-state index in [-0.39, 0.29) is 6.04 Å². The lowest BCUT2D eigenvalue weighted by Gasteiger charge is -2.15. The molecule has 3 heterocycles. The highest BCUT2D eigenvalue weighted by Gasteiger charge is 2.33. The Labute approximate surface area is 197 Å². The van der Waals surface area contributed by atoms with Crippen molar-refractivity contribution in [1.29, 1.82) is 0 Å². The van der Waals surface area contributed by atoms with E-state index in [1.54, 1.807) is 22.9 Å². The SMILES string of the molecule is CN(C/C=C/S(=O)(=O)N1CC[C@@H](n2nc(-c3ccc(Cl)cc3)c3c(N)ncnc32)C1)C1CC1. The Morgan fingerprint density at radius 3 is 2.70 bits per heavy atom. The quantitative estimate of drug-likeness (QED) is 0.545. The summed E-state index contributed by atoms with van der Waals surface area (Å²) in [7, 11) is -1.48. The van der Waals surface area contributed by atoms with Crippen LogP contribution >= 0.6 is 11.6 Å². The maximum Gasteiger partial charge on any atom is 0.236 e. The van der Waals surface area contributed by atoms with Gasteiger partial charge in [0.05, 0.1) is 11.4 Å². The summed E-state index contributed by atoms with van der Waals surface area (Å²) in [6.45, 7) is 1.38. The molecule has 0 unspecified atom stereocenters. The number of benzene rings is 1. The monoisotopic (exact) mass is 487 g/mol. The summed E-state index contributed by atoms with van der Waals surface area (Å²) in [5, 5.41) is 7.41. The van der Waals surface area contributed by atoms with Crippen molar-refractivity contribution in [2.24, 2.45) is 0 Å². The molecule has 1 saturated carbocycles. The van der Waals surface area contributed by atoms with E-state index in [1.165, 1.54) is 28.9 Å². The molecule has 174 valence electrons. The summed E-state index contributed by atoms with van der Waals surface area (Å²) in [6, 6.07) is 7.76. The van der Waals surface area contributed by atoms with Crippen molar-refractivity contribution in [1.82, 2.24) is 29.0 Å². The highest BCUT2D eigenvalue weighted by atomic mass is 35.5. The van der Waals surface area contributed by atoms with E-state index in [2.05, 4.69) is 14.9 Å². The third kappa shape index (κ3) is 4.48. The highest BCUT2D eigenvalue weighted by Crippen LogP contribution is 2.34. The Hall–Kier alpha value is -2.53. The largest absolute Gasteiger partial charge is 0.383 e. The average Bonchev–Trinajstić information content (AvgIpc) is 3.38. The number of halogens is 1. The fraction of sp³-hybridized carbons (Fsp3) is 0.409. The minimum Gasteiger partial charge on any atom is -0.383 e. The Morgan fingerprint density at radius 1 is 1.21 bits per heavy atom. The van der Waals surface area contributed by atoms with E-state index in [0.29, 0.717) is 59.7 Å². The van der Waals surface area contributed by atoms with Crippen molar-refractivity contribution >= 4 is 38.5 Å². The molecular formula is C22H26ClN7O2S. The standard InChI is InChI=1S/C22H26ClN7O2S/c1-28(17-7-8-17)10-2-12-33(31,32)29-11-9-18(13-29)30-22-19(21(24)25-14-26-22)20(27-30)15-3-5-16(23)6-4-15/h2-6,12,14,17-18H,7-11,13H2,1H3,(H2,24,25,26)/b12-2+/t18-/m1/s1. The number of anilines is 1. The van der Waals surface area contributed by atoms with Crippen molar-refractivity contribution in [3.05, 3.63) is 47.1 Å². The number of likely N-dealkylation sites (N-methyl/N-ethyl adjacent to an activating group) is 1. The van der Waals surface area contributed by atoms with E-state index >= 15 is 0 Å². The van der Waals surface area contributed by atoms with Gasteiger partial charge in [-0.2, -0.15) is 9.40 Å². The van der Waals surface area contributed by atoms with Crippen LogP contribution < -0.4 is 5.73 Å². The minimum atomic E-state index is -3.50. The summed E-state index contributed by atoms with van der Waals surface area (Å²) in [5.74, 6) is 0.335. The molecule has 1 atom stereocenters. The van der Waals surface area contributed by atoms with Crippen LogP contribution in [0.4, 0.5) is 5.82 Å². The Kier molecular flexibility index (Phi) is 5.86. The van der Waals surface area contributed by atoms with Crippen molar-refractivity contribution in [2.75, 3.05) is 32.4 Å². The van der Waals surface area contributed by atoms with Gasteiger partial charge >= 0.3 is 0 Å². The molecule has 1 aliphatic carbocycles. The number of nitrogen functional groups attached to an aromatic ring is 1. The van der Waals surface area contributed by atoms with Crippen LogP contribution in [0.1, 0.15) is 25.3 Å². The first kappa shape index (κ1) is 22.3. The van der Waals surface area contributed by atoms with Crippen LogP contribution in [0.3, 0.4) is 0 Å². The second-order valence-electron chi connectivity index (χ2n) is 8.65. The molecule has 0 bridgehead atoms. The molecule has 2 aromatic heterocycles. The third-order valence-electron chi connectivity index (χ3n) is 6.30. The molecule has 33 heavy (non-hydrogen) atoms. The molecule has 0 radical (unpaired) electrons. The molecule has 9 nitrogen and oxygen atoms in total. The summed E-state index contributed by atoms with van der Waals surface area (Å²) >= 11 is 6.04. The number of hydrogen-bond acceptors (Lipinski definition) is 7. The first-order valence-electron chi connectivity index (χ1n) is 10.9. The van der Waals surface area contributed by atoms with Crippen LogP contribution in [0.25, 0.3) is 22.3 Å². The topological polar surface area (TPSA) is 110 Å². The van der Waals surface area contributed by atoms with Gasteiger partial charge in [0.1, 0.15) is 17.8 Å². The molecule has 2 fully saturated rings. The van der Waals surface area contributed by atoms with Gasteiger partial charge in [0, 0.05) is 41.7 Å². The minimum absolute atomic E-state index is 0.153. The van der Waals surface area contributed by atoms with Gasteiger partial charge in [-0.1, -0.05) is 29.8 Å². The lowest BCUT2D eigenvalue weighted by molar-refractivity contribution is 0.360. The zero-order valence-electron chi connectivity index (χ0n) is 18.3. The van der Waals surface area contributed by atoms with Crippen molar-refractivity contribution < 1.29 is 8.42 Å². The summed E-state index contributed by atoms with van der Waals surface area (Å²) in [6.07, 6.45) is 6.15. The fourth-order valence-corrected chi connectivity index (χ4v) is 5.65. The Morgan fingerprint density at radius 2 is 1.97 bits per heavy atom. The number of rotatable bonds is 7. The van der Waals surface area contributed by atoms with Crippen LogP contribution in [0, 0.1) is 0 Å². The predicted molar refractivity (Wildman–Crippen MR) is 129 cm³/mol. The van der Waals surface area contributed by atoms with E-state index in [9.17, 15) is 8.42 Å². The number of sulfonamides is 1. The smallest absolute Gasteiger partial charge is 0.236 e. The molecule has 3 aromatic rings. The molecule has 2 aliphatic rings. The van der Waals surface area contributed by atoms with Gasteiger partial charge < -0.3 is 5.73 Å². The summed E-state index contributed by atoms with van der Waals surface area (Å²) in [5.41, 5.74) is 8.28. The van der Waals surface area contributed by atoms with Crippen molar-refractivity contribution in [3.8, 4) is 11.3 Å². The highest BCUT2D eigenvalue weighted by molar-refractivity contribution is 7.92. The number of aromatic nitrogens is 4. The Bertz CT molecular complexity index is 1300. The van der Waals surface area contributed by atoms with Gasteiger partial charge in [-0.3, -0.25) is 4.90 Å². The normalized spacial score (nSPS) is 19.9. The zero-order valence-corrected chi connectivity index (χ0v) is 19.9. The lowest BCUT2D eigenvalue weighted by atomic mass is 10.1. The summed E-state index contributed by atoms with van der Waals surface area (Å²) < 4.78 is 29.1. The van der Waals surface area contributed by atoms with Crippen LogP contribution in [0.15, 0.2) is 42.1 Å². The first-order chi connectivity index (χ1) is 15.8. The molecule has 1 aliphatic heterocycles. The molecule has 0 amide bonds. The third-order valence-corrected chi connectivity index (χ3v) is 8.14. The fourth-order valence-electron chi connectivity index (χ4n) is 4.28. The van der Waals surface area contributed by atoms with E-state index in [1.807, 2.05) is 19.2 Å². The van der Waals surface area contributed by atoms with Gasteiger partial charge in [0.2, 0.25) is 10.0 Å². The van der Waals surface area contributed by atoms with Crippen molar-refractivity contribution in [3.63, 3.8) is 0 Å². The second kappa shape index (κ2) is 8.68. The molecule has 1 aromatic carbocycles. The van der Waals surface area contributed by atoms with E-state index < -0.39 is 10.0 Å². The molecule has 1 saturated heterocycles. The van der Waals surface area contributed by atoms with Crippen LogP contribution in [-0.4, -0.2) is 70.1 Å². The van der Waals surface area contributed by atoms with Gasteiger partial charge in [0.15, 0.2) is 5.65 Å². The van der Waals surface area contributed by atoms with Gasteiger partial charge in [-0.05, 0) is 38.4 Å². The Balaban J connectivity index is 1.40. The zero-order chi connectivity index (χ0) is 23.2. The predicted octanol–water partition coefficient (Wildman–Crippen LogP) is 2.91. The first-order valence-corrected chi connectivity index (χ1v) is 12.8. The molecular weight excluding hydrogens is 462 g/mol. The molecule has 5 rings (SSSR count). The number of nitrogens with two attached hydrogens (primary N) is 1. The lowest BCUT2D eigenvalue weighted by Crippen LogP contribution is -2.28. The van der Waals surface area contributed by atoms with Crippen LogP contribution in [0.2, 0.25) is 5.02 Å². The average molecular weight is 488 g/mol. The van der Waals surface area contributed by atoms with E-state index in [4.69, 9.17) is 22.4 Å². The second-order valence-corrected chi connectivity index (χ2v) is 10.9. The van der Waals surface area contributed by atoms with Crippen LogP contribution in [0.5, 0.6) is 0 Å². The molecule has 11 heteroatoms. The maximum atomic E-state index is 12.9. The molecule has 0 spiro atoms. The van der Waals surface area contributed by atoms with E-state index in [0.717, 1.165) is 5.56 Å². The van der Waals surface area contributed by atoms with Crippen molar-refractivity contribution in [2.45, 2.75) is 31.3 Å². The van der Waals surface area contributed by atoms with Gasteiger partial charge in [0.25, 0.3) is 0 Å². The number of nitrogens with zero attached hydrogens (tertiary/aromatic N) is 6. The molecule has 2 N–H and O–H groups in total. The van der Waals surface area contributed by atoms with Gasteiger partial charge in [-0.25, -0.2) is 23.1 Å². The van der Waals surface area contributed by atoms with Crippen LogP contribution in [-0.2, 0) is 10.0 Å². The number of hydrogen-bond donors (Lipinski definition) is 1. The van der Waals surface area contributed by atoms with Gasteiger partial charge in [-0.15, -0.1) is 0 Å². The summed E-state index contributed by atoms with van der Waals surface area (Å²) in [4.78, 5) is 10.7.